The van der Waals surface area contributed by atoms with Crippen LogP contribution < -0.4 is 10.4 Å². The molecule has 2 N–H and O–H groups in total. The van der Waals surface area contributed by atoms with E-state index >= 15 is 0 Å². The third-order valence-corrected chi connectivity index (χ3v) is 1.58. The molecule has 0 radical (unpaired) electrons. The molecule has 56 valence electrons. The zero-order valence-corrected chi connectivity index (χ0v) is 7.49. The summed E-state index contributed by atoms with van der Waals surface area (Å²) in [5.74, 6) is 0. The quantitative estimate of drug-likeness (QED) is 0.445. The molecule has 0 rings (SSSR count). The molecule has 0 amide bonds. The Morgan fingerprint density at radius 3 is 2.44 bits per heavy atom. The van der Waals surface area contributed by atoms with Crippen LogP contribution in [0, 0.1) is 0 Å². The average molecular weight is 148 g/mol. The molecule has 0 aromatic heterocycles. The average Bonchev–Trinajstić information content (AvgIpc) is 1.80. The largest absolute Gasteiger partial charge is 0.313 e. The molecule has 0 bridgehead atoms. The summed E-state index contributed by atoms with van der Waals surface area (Å²) < 4.78 is 0. The minimum Gasteiger partial charge on any atom is -0.313 e. The number of hydrogen-bond acceptors (Lipinski definition) is 2. The van der Waals surface area contributed by atoms with Crippen LogP contribution in [-0.2, 0) is 0 Å². The highest BCUT2D eigenvalue weighted by molar-refractivity contribution is 7.34. The first-order valence-corrected chi connectivity index (χ1v) is 4.90. The van der Waals surface area contributed by atoms with Gasteiger partial charge < -0.3 is 5.32 Å². The van der Waals surface area contributed by atoms with Crippen molar-refractivity contribution in [3.63, 3.8) is 0 Å². The summed E-state index contributed by atoms with van der Waals surface area (Å²) in [6.07, 6.45) is 0. The lowest BCUT2D eigenvalue weighted by atomic mass is 10.4. The molecule has 0 saturated heterocycles. The second kappa shape index (κ2) is 6.47. The summed E-state index contributed by atoms with van der Waals surface area (Å²) in [6.45, 7) is 8.64. The Labute approximate surface area is 59.6 Å². The van der Waals surface area contributed by atoms with Crippen LogP contribution in [0.5, 0.6) is 0 Å². The molecule has 0 spiro atoms. The minimum absolute atomic E-state index is 0.618. The van der Waals surface area contributed by atoms with Crippen molar-refractivity contribution in [3.05, 3.63) is 0 Å². The number of nitrogens with one attached hydrogen (secondary N) is 2. The normalized spacial score (nSPS) is 12.0. The lowest BCUT2D eigenvalue weighted by molar-refractivity contribution is 0.589. The van der Waals surface area contributed by atoms with E-state index < -0.39 is 0 Å². The highest BCUT2D eigenvalue weighted by Crippen LogP contribution is 1.88. The zero-order valence-electron chi connectivity index (χ0n) is 6.49. The van der Waals surface area contributed by atoms with E-state index in [-0.39, 0.29) is 0 Å². The van der Waals surface area contributed by atoms with Gasteiger partial charge in [-0.05, 0) is 6.66 Å². The summed E-state index contributed by atoms with van der Waals surface area (Å²) in [5, 5.41) is 6.59. The van der Waals surface area contributed by atoms with Gasteiger partial charge in [0.1, 0.15) is 0 Å². The van der Waals surface area contributed by atoms with Crippen LogP contribution in [0.2, 0.25) is 0 Å². The maximum absolute atomic E-state index is 3.32. The minimum atomic E-state index is 0.618. The first-order valence-electron chi connectivity index (χ1n) is 3.40. The molecule has 1 unspecified atom stereocenters. The van der Waals surface area contributed by atoms with E-state index in [0.29, 0.717) is 6.04 Å². The molecule has 0 saturated carbocycles. The number of rotatable bonds is 5. The van der Waals surface area contributed by atoms with Crippen LogP contribution >= 0.6 is 8.73 Å². The van der Waals surface area contributed by atoms with Crippen LogP contribution in [0.3, 0.4) is 0 Å². The first kappa shape index (κ1) is 9.35. The molecule has 9 heavy (non-hydrogen) atoms. The molecule has 0 aliphatic rings. The van der Waals surface area contributed by atoms with E-state index in [0.717, 1.165) is 21.8 Å². The van der Waals surface area contributed by atoms with Gasteiger partial charge in [0.15, 0.2) is 0 Å². The predicted molar refractivity (Wildman–Crippen MR) is 45.4 cm³/mol. The van der Waals surface area contributed by atoms with Gasteiger partial charge in [-0.15, -0.1) is 0 Å². The van der Waals surface area contributed by atoms with Gasteiger partial charge in [-0.2, -0.15) is 0 Å². The lowest BCUT2D eigenvalue weighted by Gasteiger charge is -2.06. The Bertz CT molecular complexity index is 57.0. The van der Waals surface area contributed by atoms with Crippen LogP contribution in [0.25, 0.3) is 0 Å². The van der Waals surface area contributed by atoms with E-state index in [1.807, 2.05) is 0 Å². The summed E-state index contributed by atoms with van der Waals surface area (Å²) in [4.78, 5) is 0. The van der Waals surface area contributed by atoms with Crippen molar-refractivity contribution in [1.82, 2.24) is 10.4 Å². The second-order valence-electron chi connectivity index (χ2n) is 2.29. The fourth-order valence-corrected chi connectivity index (χ4v) is 0.923. The van der Waals surface area contributed by atoms with Crippen molar-refractivity contribution >= 4 is 8.73 Å². The smallest absolute Gasteiger partial charge is 0.0113 e. The SMILES string of the molecule is CPNCCNC(C)C. The Kier molecular flexibility index (Phi) is 6.72. The van der Waals surface area contributed by atoms with E-state index in [1.165, 1.54) is 0 Å². The third-order valence-electron chi connectivity index (χ3n) is 0.979. The molecule has 0 heterocycles. The summed E-state index contributed by atoms with van der Waals surface area (Å²) in [7, 11) is 0.871. The maximum Gasteiger partial charge on any atom is 0.0113 e. The Hall–Kier alpha value is 0.350. The standard InChI is InChI=1S/C6H17N2P/c1-6(2)7-4-5-8-9-3/h6-9H,4-5H2,1-3H3. The molecule has 0 aliphatic heterocycles. The molecule has 2 nitrogen and oxygen atoms in total. The zero-order chi connectivity index (χ0) is 7.11. The van der Waals surface area contributed by atoms with Gasteiger partial charge in [0.25, 0.3) is 0 Å². The fourth-order valence-electron chi connectivity index (χ4n) is 0.548. The van der Waals surface area contributed by atoms with Crippen LogP contribution in [-0.4, -0.2) is 25.8 Å². The molecule has 0 aromatic rings. The first-order chi connectivity index (χ1) is 4.27. The van der Waals surface area contributed by atoms with Crippen molar-refractivity contribution in [1.29, 1.82) is 0 Å². The summed E-state index contributed by atoms with van der Waals surface area (Å²) >= 11 is 0. The Balaban J connectivity index is 2.75. The highest BCUT2D eigenvalue weighted by atomic mass is 31.1. The number of hydrogen-bond donors (Lipinski definition) is 2. The van der Waals surface area contributed by atoms with Crippen LogP contribution in [0.1, 0.15) is 13.8 Å². The summed E-state index contributed by atoms with van der Waals surface area (Å²) in [5.41, 5.74) is 0. The van der Waals surface area contributed by atoms with Gasteiger partial charge in [0.2, 0.25) is 0 Å². The van der Waals surface area contributed by atoms with Gasteiger partial charge in [0, 0.05) is 19.1 Å². The Morgan fingerprint density at radius 1 is 1.33 bits per heavy atom. The maximum atomic E-state index is 3.32. The molecule has 0 aromatic carbocycles. The summed E-state index contributed by atoms with van der Waals surface area (Å²) in [6, 6.07) is 0.618. The molecule has 0 fully saturated rings. The molecular formula is C6H17N2P. The Morgan fingerprint density at radius 2 is 2.00 bits per heavy atom. The van der Waals surface area contributed by atoms with E-state index in [1.54, 1.807) is 0 Å². The molecular weight excluding hydrogens is 131 g/mol. The molecule has 3 heteroatoms. The topological polar surface area (TPSA) is 24.1 Å². The van der Waals surface area contributed by atoms with Crippen molar-refractivity contribution in [2.24, 2.45) is 0 Å². The van der Waals surface area contributed by atoms with Gasteiger partial charge in [-0.3, -0.25) is 5.09 Å². The monoisotopic (exact) mass is 148 g/mol. The molecule has 0 aliphatic carbocycles. The van der Waals surface area contributed by atoms with E-state index in [2.05, 4.69) is 30.9 Å². The second-order valence-corrected chi connectivity index (χ2v) is 3.14. The van der Waals surface area contributed by atoms with Gasteiger partial charge >= 0.3 is 0 Å². The van der Waals surface area contributed by atoms with Crippen LogP contribution in [0.4, 0.5) is 0 Å². The van der Waals surface area contributed by atoms with E-state index in [4.69, 9.17) is 0 Å². The fraction of sp³-hybridized carbons (Fsp3) is 1.00. The van der Waals surface area contributed by atoms with Crippen molar-refractivity contribution in [3.8, 4) is 0 Å². The van der Waals surface area contributed by atoms with Crippen molar-refractivity contribution < 1.29 is 0 Å². The van der Waals surface area contributed by atoms with Crippen molar-refractivity contribution in [2.45, 2.75) is 19.9 Å². The highest BCUT2D eigenvalue weighted by Gasteiger charge is 1.88. The van der Waals surface area contributed by atoms with Gasteiger partial charge in [-0.25, -0.2) is 0 Å². The van der Waals surface area contributed by atoms with Gasteiger partial charge in [-0.1, -0.05) is 22.6 Å². The third kappa shape index (κ3) is 8.35. The van der Waals surface area contributed by atoms with E-state index in [9.17, 15) is 0 Å². The van der Waals surface area contributed by atoms with Gasteiger partial charge in [0.05, 0.1) is 0 Å². The lowest BCUT2D eigenvalue weighted by Crippen LogP contribution is -2.28. The predicted octanol–water partition coefficient (Wildman–Crippen LogP) is 0.797. The van der Waals surface area contributed by atoms with Crippen LogP contribution in [0.15, 0.2) is 0 Å². The molecule has 1 atom stereocenters. The van der Waals surface area contributed by atoms with Crippen molar-refractivity contribution in [2.75, 3.05) is 19.8 Å².